The van der Waals surface area contributed by atoms with E-state index in [1.54, 1.807) is 18.6 Å². The Hall–Kier alpha value is -1.01. The van der Waals surface area contributed by atoms with Gasteiger partial charge in [0.05, 0.1) is 4.88 Å². The van der Waals surface area contributed by atoms with E-state index in [9.17, 15) is 0 Å². The van der Waals surface area contributed by atoms with Crippen LogP contribution in [0.15, 0.2) is 23.2 Å². The number of thiazole rings is 1. The number of nitrogens with zero attached hydrogens (tertiary/aromatic N) is 3. The minimum Gasteiger partial charge on any atom is -0.375 e. The van der Waals surface area contributed by atoms with Crippen LogP contribution in [0.25, 0.3) is 10.6 Å². The number of aromatic nitrogens is 3. The van der Waals surface area contributed by atoms with Gasteiger partial charge in [-0.3, -0.25) is 4.98 Å². The van der Waals surface area contributed by atoms with Crippen LogP contribution < -0.4 is 5.73 Å². The summed E-state index contributed by atoms with van der Waals surface area (Å²) in [4.78, 5) is 13.1. The Morgan fingerprint density at radius 2 is 2.00 bits per heavy atom. The monoisotopic (exact) mass is 256 g/mol. The Morgan fingerprint density at radius 3 is 2.62 bits per heavy atom. The Labute approximate surface area is 87.0 Å². The normalized spacial score (nSPS) is 10.2. The van der Waals surface area contributed by atoms with E-state index in [2.05, 4.69) is 30.9 Å². The molecule has 0 radical (unpaired) electrons. The zero-order chi connectivity index (χ0) is 9.26. The molecule has 2 N–H and O–H groups in total. The second kappa shape index (κ2) is 3.39. The Bertz CT molecular complexity index is 428. The molecule has 0 atom stereocenters. The largest absolute Gasteiger partial charge is 0.375 e. The maximum absolute atomic E-state index is 5.51. The van der Waals surface area contributed by atoms with Gasteiger partial charge >= 0.3 is 0 Å². The molecule has 13 heavy (non-hydrogen) atoms. The van der Waals surface area contributed by atoms with Gasteiger partial charge in [-0.05, 0) is 15.9 Å². The molecular weight excluding hydrogens is 252 g/mol. The van der Waals surface area contributed by atoms with Crippen molar-refractivity contribution in [2.24, 2.45) is 0 Å². The first-order chi connectivity index (χ1) is 6.27. The summed E-state index contributed by atoms with van der Waals surface area (Å²) in [5.41, 5.74) is 6.28. The highest BCUT2D eigenvalue weighted by Crippen LogP contribution is 2.29. The van der Waals surface area contributed by atoms with Gasteiger partial charge in [0.1, 0.15) is 10.3 Å². The molecule has 2 aromatic heterocycles. The smallest absolute Gasteiger partial charge is 0.180 e. The highest BCUT2D eigenvalue weighted by Gasteiger charge is 2.07. The maximum atomic E-state index is 5.51. The van der Waals surface area contributed by atoms with Crippen LogP contribution >= 0.6 is 27.3 Å². The first-order valence-electron chi connectivity index (χ1n) is 3.45. The predicted octanol–water partition coefficient (Wildman–Crippen LogP) is 1.94. The molecule has 0 saturated heterocycles. The van der Waals surface area contributed by atoms with Crippen LogP contribution in [0.5, 0.6) is 0 Å². The molecule has 6 heteroatoms. The minimum absolute atomic E-state index is 0.535. The Balaban J connectivity index is 2.52. The molecule has 0 aliphatic carbocycles. The molecule has 2 rings (SSSR count). The first kappa shape index (κ1) is 8.58. The zero-order valence-electron chi connectivity index (χ0n) is 6.44. The minimum atomic E-state index is 0.535. The van der Waals surface area contributed by atoms with Gasteiger partial charge in [-0.25, -0.2) is 9.97 Å². The van der Waals surface area contributed by atoms with E-state index >= 15 is 0 Å². The lowest BCUT2D eigenvalue weighted by atomic mass is 10.4. The molecule has 0 spiro atoms. The number of rotatable bonds is 1. The quantitative estimate of drug-likeness (QED) is 0.847. The third-order valence-electron chi connectivity index (χ3n) is 1.41. The number of anilines is 1. The molecule has 0 aliphatic rings. The lowest BCUT2D eigenvalue weighted by molar-refractivity contribution is 1.17. The van der Waals surface area contributed by atoms with Crippen molar-refractivity contribution in [1.82, 2.24) is 15.0 Å². The van der Waals surface area contributed by atoms with Gasteiger partial charge in [0.15, 0.2) is 5.13 Å². The third kappa shape index (κ3) is 1.68. The molecule has 2 aromatic rings. The summed E-state index contributed by atoms with van der Waals surface area (Å²) in [6.45, 7) is 0. The van der Waals surface area contributed by atoms with E-state index < -0.39 is 0 Å². The molecule has 2 heterocycles. The van der Waals surface area contributed by atoms with Gasteiger partial charge in [-0.15, -0.1) is 0 Å². The molecule has 0 aromatic carbocycles. The molecule has 0 unspecified atom stereocenters. The molecule has 4 nitrogen and oxygen atoms in total. The van der Waals surface area contributed by atoms with Crippen LogP contribution in [0.1, 0.15) is 0 Å². The van der Waals surface area contributed by atoms with Gasteiger partial charge < -0.3 is 5.73 Å². The van der Waals surface area contributed by atoms with Crippen LogP contribution in [0.3, 0.4) is 0 Å². The first-order valence-corrected chi connectivity index (χ1v) is 5.06. The van der Waals surface area contributed by atoms with E-state index in [4.69, 9.17) is 5.73 Å². The zero-order valence-corrected chi connectivity index (χ0v) is 8.84. The fourth-order valence-electron chi connectivity index (χ4n) is 0.883. The Kier molecular flexibility index (Phi) is 2.24. The summed E-state index contributed by atoms with van der Waals surface area (Å²) in [7, 11) is 0. The van der Waals surface area contributed by atoms with Gasteiger partial charge in [-0.2, -0.15) is 0 Å². The predicted molar refractivity (Wildman–Crippen MR) is 55.3 cm³/mol. The topological polar surface area (TPSA) is 64.7 Å². The van der Waals surface area contributed by atoms with Crippen molar-refractivity contribution in [3.05, 3.63) is 23.2 Å². The summed E-state index contributed by atoms with van der Waals surface area (Å²) in [6.07, 6.45) is 4.95. The number of hydrogen-bond donors (Lipinski definition) is 1. The summed E-state index contributed by atoms with van der Waals surface area (Å²) in [6, 6.07) is 0. The average molecular weight is 257 g/mol. The van der Waals surface area contributed by atoms with Crippen molar-refractivity contribution < 1.29 is 0 Å². The van der Waals surface area contributed by atoms with E-state index in [1.807, 2.05) is 0 Å². The lowest BCUT2D eigenvalue weighted by Crippen LogP contribution is -1.84. The lowest BCUT2D eigenvalue weighted by Gasteiger charge is -1.96. The van der Waals surface area contributed by atoms with Crippen molar-refractivity contribution in [3.8, 4) is 10.6 Å². The van der Waals surface area contributed by atoms with Gasteiger partial charge in [0.25, 0.3) is 0 Å². The second-order valence-corrected chi connectivity index (χ2v) is 4.07. The molecule has 66 valence electrons. The number of nitrogens with two attached hydrogens (primary N) is 1. The van der Waals surface area contributed by atoms with Crippen molar-refractivity contribution in [3.63, 3.8) is 0 Å². The highest BCUT2D eigenvalue weighted by atomic mass is 79.9. The molecule has 0 fully saturated rings. The van der Waals surface area contributed by atoms with Gasteiger partial charge in [0, 0.05) is 18.6 Å². The van der Waals surface area contributed by atoms with Crippen LogP contribution in [-0.4, -0.2) is 15.0 Å². The fourth-order valence-corrected chi connectivity index (χ4v) is 2.13. The average Bonchev–Trinajstić information content (AvgIpc) is 2.53. The van der Waals surface area contributed by atoms with Gasteiger partial charge in [-0.1, -0.05) is 11.3 Å². The Morgan fingerprint density at radius 1 is 1.23 bits per heavy atom. The summed E-state index contributed by atoms with van der Waals surface area (Å²) < 4.78 is 0.707. The summed E-state index contributed by atoms with van der Waals surface area (Å²) >= 11 is 4.70. The van der Waals surface area contributed by atoms with E-state index in [0.29, 0.717) is 9.73 Å². The summed E-state index contributed by atoms with van der Waals surface area (Å²) in [5.74, 6) is 0. The van der Waals surface area contributed by atoms with Crippen molar-refractivity contribution in [2.75, 3.05) is 5.73 Å². The van der Waals surface area contributed by atoms with E-state index in [-0.39, 0.29) is 0 Å². The van der Waals surface area contributed by atoms with Crippen LogP contribution in [-0.2, 0) is 0 Å². The second-order valence-electron chi connectivity index (χ2n) is 2.26. The van der Waals surface area contributed by atoms with Crippen molar-refractivity contribution >= 4 is 32.4 Å². The third-order valence-corrected chi connectivity index (χ3v) is 2.82. The SMILES string of the molecule is Nc1ncc(-c2nccnc2Br)s1. The number of nitrogen functional groups attached to an aromatic ring is 1. The van der Waals surface area contributed by atoms with E-state index in [1.165, 1.54) is 11.3 Å². The van der Waals surface area contributed by atoms with Crippen LogP contribution in [0.2, 0.25) is 0 Å². The van der Waals surface area contributed by atoms with E-state index in [0.717, 1.165) is 10.6 Å². The standard InChI is InChI=1S/C7H5BrN4S/c8-6-5(10-1-2-11-6)4-3-12-7(9)13-4/h1-3H,(H2,9,12). The molecule has 0 amide bonds. The van der Waals surface area contributed by atoms with Crippen LogP contribution in [0.4, 0.5) is 5.13 Å². The van der Waals surface area contributed by atoms with Crippen LogP contribution in [0, 0.1) is 0 Å². The number of hydrogen-bond acceptors (Lipinski definition) is 5. The molecular formula is C7H5BrN4S. The maximum Gasteiger partial charge on any atom is 0.180 e. The molecule has 0 saturated carbocycles. The summed E-state index contributed by atoms with van der Waals surface area (Å²) in [5, 5.41) is 0.535. The molecule has 0 aliphatic heterocycles. The number of halogens is 1. The highest BCUT2D eigenvalue weighted by molar-refractivity contribution is 9.10. The molecule has 0 bridgehead atoms. The fraction of sp³-hybridized carbons (Fsp3) is 0. The van der Waals surface area contributed by atoms with Gasteiger partial charge in [0.2, 0.25) is 0 Å². The van der Waals surface area contributed by atoms with Crippen molar-refractivity contribution in [2.45, 2.75) is 0 Å². The van der Waals surface area contributed by atoms with Crippen molar-refractivity contribution in [1.29, 1.82) is 0 Å².